The average Bonchev–Trinajstić information content (AvgIpc) is 2.20. The molecule has 4 nitrogen and oxygen atoms in total. The summed E-state index contributed by atoms with van der Waals surface area (Å²) < 4.78 is 0. The van der Waals surface area contributed by atoms with Gasteiger partial charge in [0.2, 0.25) is 0 Å². The summed E-state index contributed by atoms with van der Waals surface area (Å²) in [6.07, 6.45) is 4.04. The molecule has 0 bridgehead atoms. The van der Waals surface area contributed by atoms with Crippen molar-refractivity contribution in [2.24, 2.45) is 0 Å². The molecule has 1 atom stereocenters. The van der Waals surface area contributed by atoms with Crippen LogP contribution >= 0.6 is 0 Å². The van der Waals surface area contributed by atoms with Crippen molar-refractivity contribution in [1.29, 1.82) is 0 Å². The first-order valence-electron chi connectivity index (χ1n) is 5.37. The Morgan fingerprint density at radius 1 is 1.47 bits per heavy atom. The second-order valence-electron chi connectivity index (χ2n) is 3.85. The summed E-state index contributed by atoms with van der Waals surface area (Å²) in [5.74, 6) is 0. The Hall–Kier alpha value is -1.03. The van der Waals surface area contributed by atoms with Crippen molar-refractivity contribution < 1.29 is 4.79 Å². The summed E-state index contributed by atoms with van der Waals surface area (Å²) in [6.45, 7) is 7.28. The summed E-state index contributed by atoms with van der Waals surface area (Å²) >= 11 is 0. The molecular formula is C11H23N3O. The molecule has 0 aromatic heterocycles. The smallest absolute Gasteiger partial charge is 0.316 e. The number of rotatable bonds is 7. The Labute approximate surface area is 92.7 Å². The topological polar surface area (TPSA) is 44.4 Å². The van der Waals surface area contributed by atoms with Gasteiger partial charge in [0.1, 0.15) is 0 Å². The van der Waals surface area contributed by atoms with Gasteiger partial charge < -0.3 is 15.5 Å². The second kappa shape index (κ2) is 8.29. The number of nitrogens with zero attached hydrogens (tertiary/aromatic N) is 1. The summed E-state index contributed by atoms with van der Waals surface area (Å²) in [5, 5.41) is 6.13. The zero-order chi connectivity index (χ0) is 11.7. The lowest BCUT2D eigenvalue weighted by Gasteiger charge is -2.15. The van der Waals surface area contributed by atoms with E-state index in [0.29, 0.717) is 12.6 Å². The Morgan fingerprint density at radius 2 is 2.13 bits per heavy atom. The molecule has 0 aliphatic heterocycles. The van der Waals surface area contributed by atoms with Gasteiger partial charge in [0.05, 0.1) is 0 Å². The van der Waals surface area contributed by atoms with Crippen molar-refractivity contribution in [3.05, 3.63) is 12.7 Å². The number of allylic oxidation sites excluding steroid dienone is 1. The lowest BCUT2D eigenvalue weighted by molar-refractivity contribution is 0.217. The molecule has 1 unspecified atom stereocenters. The van der Waals surface area contributed by atoms with Gasteiger partial charge >= 0.3 is 6.03 Å². The number of carbonyl (C=O) groups excluding carboxylic acids is 1. The standard InChI is InChI=1S/C11H23N3O/c1-5-6-7-10(2)12-8-9-13-11(15)14(3)4/h5,10,12H,1,6-9H2,2-4H3,(H,13,15). The zero-order valence-corrected chi connectivity index (χ0v) is 10.0. The normalized spacial score (nSPS) is 11.9. The van der Waals surface area contributed by atoms with Crippen LogP contribution in [0.25, 0.3) is 0 Å². The van der Waals surface area contributed by atoms with Crippen LogP contribution in [-0.2, 0) is 0 Å². The highest BCUT2D eigenvalue weighted by Gasteiger charge is 2.02. The van der Waals surface area contributed by atoms with Crippen LogP contribution in [0.15, 0.2) is 12.7 Å². The van der Waals surface area contributed by atoms with Crippen LogP contribution in [0, 0.1) is 0 Å². The third-order valence-corrected chi connectivity index (χ3v) is 2.10. The number of amides is 2. The SMILES string of the molecule is C=CCCC(C)NCCNC(=O)N(C)C. The fraction of sp³-hybridized carbons (Fsp3) is 0.727. The van der Waals surface area contributed by atoms with Crippen LogP contribution in [-0.4, -0.2) is 44.2 Å². The average molecular weight is 213 g/mol. The highest BCUT2D eigenvalue weighted by molar-refractivity contribution is 5.73. The number of nitrogens with one attached hydrogen (secondary N) is 2. The first-order chi connectivity index (χ1) is 7.07. The number of carbonyl (C=O) groups is 1. The molecule has 2 N–H and O–H groups in total. The van der Waals surface area contributed by atoms with E-state index in [1.54, 1.807) is 14.1 Å². The summed E-state index contributed by atoms with van der Waals surface area (Å²) in [7, 11) is 3.46. The van der Waals surface area contributed by atoms with Gasteiger partial charge in [-0.2, -0.15) is 0 Å². The van der Waals surface area contributed by atoms with Crippen molar-refractivity contribution in [3.8, 4) is 0 Å². The highest BCUT2D eigenvalue weighted by atomic mass is 16.2. The molecule has 0 rings (SSSR count). The maximum atomic E-state index is 11.1. The third kappa shape index (κ3) is 8.00. The predicted molar refractivity (Wildman–Crippen MR) is 64.0 cm³/mol. The largest absolute Gasteiger partial charge is 0.337 e. The Bertz CT molecular complexity index is 192. The van der Waals surface area contributed by atoms with Crippen LogP contribution in [0.5, 0.6) is 0 Å². The fourth-order valence-corrected chi connectivity index (χ4v) is 1.12. The minimum absolute atomic E-state index is 0.0458. The van der Waals surface area contributed by atoms with Gasteiger partial charge in [-0.05, 0) is 19.8 Å². The van der Waals surface area contributed by atoms with Crippen molar-refractivity contribution >= 4 is 6.03 Å². The molecule has 0 aromatic rings. The van der Waals surface area contributed by atoms with E-state index in [4.69, 9.17) is 0 Å². The first-order valence-corrected chi connectivity index (χ1v) is 5.37. The van der Waals surface area contributed by atoms with Gasteiger partial charge in [-0.25, -0.2) is 4.79 Å². The van der Waals surface area contributed by atoms with E-state index in [1.165, 1.54) is 4.90 Å². The summed E-state index contributed by atoms with van der Waals surface area (Å²) in [5.41, 5.74) is 0. The van der Waals surface area contributed by atoms with Crippen molar-refractivity contribution in [3.63, 3.8) is 0 Å². The molecule has 0 spiro atoms. The lowest BCUT2D eigenvalue weighted by atomic mass is 10.2. The molecule has 0 aliphatic carbocycles. The summed E-state index contributed by atoms with van der Waals surface area (Å²) in [6, 6.07) is 0.426. The molecule has 4 heteroatoms. The van der Waals surface area contributed by atoms with E-state index in [1.807, 2.05) is 6.08 Å². The second-order valence-corrected chi connectivity index (χ2v) is 3.85. The zero-order valence-electron chi connectivity index (χ0n) is 10.0. The minimum Gasteiger partial charge on any atom is -0.337 e. The molecule has 0 aromatic carbocycles. The van der Waals surface area contributed by atoms with Crippen LogP contribution in [0.4, 0.5) is 4.79 Å². The molecule has 88 valence electrons. The van der Waals surface area contributed by atoms with E-state index >= 15 is 0 Å². The lowest BCUT2D eigenvalue weighted by Crippen LogP contribution is -2.40. The molecule has 2 amide bonds. The van der Waals surface area contributed by atoms with Crippen LogP contribution in [0.2, 0.25) is 0 Å². The first kappa shape index (κ1) is 14.0. The predicted octanol–water partition coefficient (Wildman–Crippen LogP) is 1.20. The van der Waals surface area contributed by atoms with Crippen molar-refractivity contribution in [2.45, 2.75) is 25.8 Å². The van der Waals surface area contributed by atoms with Crippen molar-refractivity contribution in [1.82, 2.24) is 15.5 Å². The number of urea groups is 1. The Morgan fingerprint density at radius 3 is 2.67 bits per heavy atom. The monoisotopic (exact) mass is 213 g/mol. The molecule has 0 aliphatic rings. The van der Waals surface area contributed by atoms with E-state index in [2.05, 4.69) is 24.1 Å². The molecule has 0 fully saturated rings. The van der Waals surface area contributed by atoms with Gasteiger partial charge in [0.15, 0.2) is 0 Å². The molecule has 0 radical (unpaired) electrons. The summed E-state index contributed by atoms with van der Waals surface area (Å²) in [4.78, 5) is 12.7. The molecule has 0 saturated carbocycles. The molecule has 15 heavy (non-hydrogen) atoms. The van der Waals surface area contributed by atoms with E-state index in [9.17, 15) is 4.79 Å². The van der Waals surface area contributed by atoms with Crippen molar-refractivity contribution in [2.75, 3.05) is 27.2 Å². The van der Waals surface area contributed by atoms with Crippen LogP contribution in [0.1, 0.15) is 19.8 Å². The van der Waals surface area contributed by atoms with Gasteiger partial charge in [-0.1, -0.05) is 6.08 Å². The van der Waals surface area contributed by atoms with Gasteiger partial charge in [-0.3, -0.25) is 0 Å². The Kier molecular flexibility index (Phi) is 7.72. The van der Waals surface area contributed by atoms with E-state index < -0.39 is 0 Å². The maximum absolute atomic E-state index is 11.1. The highest BCUT2D eigenvalue weighted by Crippen LogP contribution is 1.95. The number of hydrogen-bond acceptors (Lipinski definition) is 2. The Balaban J connectivity index is 3.37. The molecule has 0 heterocycles. The maximum Gasteiger partial charge on any atom is 0.316 e. The molecular weight excluding hydrogens is 190 g/mol. The third-order valence-electron chi connectivity index (χ3n) is 2.10. The van der Waals surface area contributed by atoms with Gasteiger partial charge in [0.25, 0.3) is 0 Å². The minimum atomic E-state index is -0.0458. The fourth-order valence-electron chi connectivity index (χ4n) is 1.12. The number of hydrogen-bond donors (Lipinski definition) is 2. The van der Waals surface area contributed by atoms with Gasteiger partial charge in [-0.15, -0.1) is 6.58 Å². The van der Waals surface area contributed by atoms with Crippen LogP contribution < -0.4 is 10.6 Å². The van der Waals surface area contributed by atoms with E-state index in [0.717, 1.165) is 19.4 Å². The van der Waals surface area contributed by atoms with E-state index in [-0.39, 0.29) is 6.03 Å². The van der Waals surface area contributed by atoms with Gasteiger partial charge in [0, 0.05) is 33.2 Å². The quantitative estimate of drug-likeness (QED) is 0.493. The van der Waals surface area contributed by atoms with Crippen LogP contribution in [0.3, 0.4) is 0 Å². The molecule has 0 saturated heterocycles.